The van der Waals surface area contributed by atoms with Crippen molar-refractivity contribution in [3.05, 3.63) is 473 Å². The number of nitrogens with zero attached hydrogens (tertiary/aromatic N) is 2. The van der Waals surface area contributed by atoms with Crippen molar-refractivity contribution >= 4 is 88.0 Å². The second kappa shape index (κ2) is 30.8. The first-order valence-corrected chi connectivity index (χ1v) is 40.7. The molecule has 118 heavy (non-hydrogen) atoms. The SMILES string of the molecule is c1ccc(-c2ccc(-c3ccc(N(c4ccc(-c5cccc6ccccc56)cc4)c4cc(-c5cccc6c5ccc5c(-c7ccc(-c8ccc(-c9ccc(N(c%10ccc(-c%11ccccc%11)cc%10)c%10cc(-c%11cccc%12c%11ccc%11ccccc%11%12)ccc%10-c%10ccccc%10)cc9)cc8)cc7)cccc56)ccc4-c4ccccc4)cc3)cc2)cc1. The van der Waals surface area contributed by atoms with Crippen LogP contribution in [0.2, 0.25) is 0 Å². The minimum Gasteiger partial charge on any atom is -0.310 e. The molecule has 2 nitrogen and oxygen atoms in total. The van der Waals surface area contributed by atoms with Crippen molar-refractivity contribution in [3.63, 3.8) is 0 Å². The zero-order valence-corrected chi connectivity index (χ0v) is 64.9. The molecular formula is C116H78N2. The molecule has 0 N–H and O–H groups in total. The van der Waals surface area contributed by atoms with E-state index in [9.17, 15) is 0 Å². The van der Waals surface area contributed by atoms with Crippen molar-refractivity contribution in [1.82, 2.24) is 0 Å². The van der Waals surface area contributed by atoms with Crippen LogP contribution in [0.4, 0.5) is 34.1 Å². The molecule has 552 valence electrons. The van der Waals surface area contributed by atoms with Gasteiger partial charge in [-0.25, -0.2) is 0 Å². The highest BCUT2D eigenvalue weighted by molar-refractivity contribution is 6.16. The number of hydrogen-bond donors (Lipinski definition) is 0. The van der Waals surface area contributed by atoms with Crippen molar-refractivity contribution < 1.29 is 0 Å². The van der Waals surface area contributed by atoms with E-state index in [1.807, 2.05) is 0 Å². The molecule has 0 radical (unpaired) electrons. The normalized spacial score (nSPS) is 11.4. The van der Waals surface area contributed by atoms with Crippen LogP contribution in [0, 0.1) is 0 Å². The number of rotatable bonds is 17. The molecule has 21 aromatic carbocycles. The maximum absolute atomic E-state index is 2.45. The van der Waals surface area contributed by atoms with E-state index in [2.05, 4.69) is 483 Å². The average molecular weight is 1500 g/mol. The van der Waals surface area contributed by atoms with Gasteiger partial charge < -0.3 is 9.80 Å². The molecule has 0 aliphatic rings. The summed E-state index contributed by atoms with van der Waals surface area (Å²) in [5.41, 5.74) is 32.2. The van der Waals surface area contributed by atoms with Crippen LogP contribution in [0.5, 0.6) is 0 Å². The van der Waals surface area contributed by atoms with E-state index in [0.29, 0.717) is 0 Å². The summed E-state index contributed by atoms with van der Waals surface area (Å²) >= 11 is 0. The number of hydrogen-bond acceptors (Lipinski definition) is 2. The van der Waals surface area contributed by atoms with Crippen molar-refractivity contribution in [3.8, 4) is 122 Å². The molecule has 0 heterocycles. The smallest absolute Gasteiger partial charge is 0.0546 e. The fourth-order valence-electron chi connectivity index (χ4n) is 17.8. The van der Waals surface area contributed by atoms with Crippen molar-refractivity contribution in [2.75, 3.05) is 9.80 Å². The average Bonchev–Trinajstić information content (AvgIpc) is 0.755. The highest BCUT2D eigenvalue weighted by atomic mass is 15.2. The monoisotopic (exact) mass is 1500 g/mol. The summed E-state index contributed by atoms with van der Waals surface area (Å²) in [7, 11) is 0. The molecular weight excluding hydrogens is 1420 g/mol. The molecule has 0 fully saturated rings. The lowest BCUT2D eigenvalue weighted by Gasteiger charge is -2.29. The van der Waals surface area contributed by atoms with E-state index >= 15 is 0 Å². The molecule has 0 atom stereocenters. The van der Waals surface area contributed by atoms with Crippen molar-refractivity contribution in [2.45, 2.75) is 0 Å². The Hall–Kier alpha value is -15.5. The van der Waals surface area contributed by atoms with Gasteiger partial charge in [-0.15, -0.1) is 0 Å². The largest absolute Gasteiger partial charge is 0.310 e. The topological polar surface area (TPSA) is 6.48 Å². The summed E-state index contributed by atoms with van der Waals surface area (Å²) in [5.74, 6) is 0. The Bertz CT molecular complexity index is 7240. The summed E-state index contributed by atoms with van der Waals surface area (Å²) in [5, 5.41) is 12.3. The van der Waals surface area contributed by atoms with Gasteiger partial charge in [0.15, 0.2) is 0 Å². The van der Waals surface area contributed by atoms with E-state index in [-0.39, 0.29) is 0 Å². The Kier molecular flexibility index (Phi) is 18.4. The summed E-state index contributed by atoms with van der Waals surface area (Å²) in [4.78, 5) is 4.89. The van der Waals surface area contributed by atoms with Gasteiger partial charge in [0, 0.05) is 33.9 Å². The first kappa shape index (κ1) is 70.4. The molecule has 0 aromatic heterocycles. The van der Waals surface area contributed by atoms with Gasteiger partial charge in [-0.1, -0.05) is 413 Å². The van der Waals surface area contributed by atoms with Gasteiger partial charge in [0.1, 0.15) is 0 Å². The number of anilines is 6. The maximum Gasteiger partial charge on any atom is 0.0546 e. The Morgan fingerprint density at radius 3 is 0.703 bits per heavy atom. The van der Waals surface area contributed by atoms with E-state index in [4.69, 9.17) is 0 Å². The lowest BCUT2D eigenvalue weighted by Crippen LogP contribution is -2.11. The standard InChI is InChI=1S/C116H78N2/c1-5-21-79(22-6-1)81-41-43-83(44-42-81)87-57-68-99(69-58-87)118(100-70-59-94(60-71-100)102-34-17-31-89-29-13-15-32-101(89)102)116-78-96(63-73-108(116)91-27-11-4-12-28-91)106-37-20-40-111-110-39-18-35-104(113(110)75-76-114(106)111)93-51-49-85(50-52-93)82-45-47-84(48-46-82)88-55-66-98(67-56-88)117(97-64-53-86(54-65-97)80-23-7-2-8-24-80)115-77-95(62-72-107(115)90-25-9-3-10-26-90)105-36-19-38-109-103-33-16-14-30-92(103)61-74-112(105)109/h1-78H. The third-order valence-corrected chi connectivity index (χ3v) is 23.8. The van der Waals surface area contributed by atoms with E-state index in [0.717, 1.165) is 89.8 Å². The lowest BCUT2D eigenvalue weighted by atomic mass is 9.90. The van der Waals surface area contributed by atoms with Gasteiger partial charge in [-0.2, -0.15) is 0 Å². The molecule has 0 aliphatic heterocycles. The minimum absolute atomic E-state index is 1.06. The highest BCUT2D eigenvalue weighted by Crippen LogP contribution is 2.49. The summed E-state index contributed by atoms with van der Waals surface area (Å²) in [6.45, 7) is 0. The van der Waals surface area contributed by atoms with Crippen LogP contribution in [-0.2, 0) is 0 Å². The third kappa shape index (κ3) is 13.4. The van der Waals surface area contributed by atoms with Gasteiger partial charge in [0.2, 0.25) is 0 Å². The number of fused-ring (bicyclic) bond motifs is 7. The van der Waals surface area contributed by atoms with Crippen LogP contribution in [0.3, 0.4) is 0 Å². The maximum atomic E-state index is 2.45. The second-order valence-electron chi connectivity index (χ2n) is 30.6. The van der Waals surface area contributed by atoms with Crippen LogP contribution < -0.4 is 9.80 Å². The molecule has 21 rings (SSSR count). The van der Waals surface area contributed by atoms with Gasteiger partial charge in [0.25, 0.3) is 0 Å². The molecule has 21 aromatic rings. The van der Waals surface area contributed by atoms with Crippen LogP contribution in [0.25, 0.3) is 176 Å². The van der Waals surface area contributed by atoms with Gasteiger partial charge in [-0.3, -0.25) is 0 Å². The predicted octanol–water partition coefficient (Wildman–Crippen LogP) is 32.7. The fraction of sp³-hybridized carbons (Fsp3) is 0. The summed E-state index contributed by atoms with van der Waals surface area (Å²) in [6.07, 6.45) is 0. The van der Waals surface area contributed by atoms with Gasteiger partial charge in [0.05, 0.1) is 11.4 Å². The Morgan fingerprint density at radius 1 is 0.110 bits per heavy atom. The molecule has 0 unspecified atom stereocenters. The Morgan fingerprint density at radius 2 is 0.331 bits per heavy atom. The number of benzene rings is 21. The quantitative estimate of drug-likeness (QED) is 0.0839. The molecule has 0 amide bonds. The zero-order valence-electron chi connectivity index (χ0n) is 64.9. The summed E-state index contributed by atoms with van der Waals surface area (Å²) < 4.78 is 0. The van der Waals surface area contributed by atoms with Gasteiger partial charge >= 0.3 is 0 Å². The molecule has 0 saturated carbocycles. The summed E-state index contributed by atoms with van der Waals surface area (Å²) in [6, 6.07) is 174. The van der Waals surface area contributed by atoms with Crippen molar-refractivity contribution in [1.29, 1.82) is 0 Å². The van der Waals surface area contributed by atoms with Crippen molar-refractivity contribution in [2.24, 2.45) is 0 Å². The van der Waals surface area contributed by atoms with Crippen LogP contribution in [0.1, 0.15) is 0 Å². The minimum atomic E-state index is 1.06. The molecule has 0 saturated heterocycles. The zero-order chi connectivity index (χ0) is 78.2. The third-order valence-electron chi connectivity index (χ3n) is 23.8. The van der Waals surface area contributed by atoms with E-state index in [1.54, 1.807) is 0 Å². The molecule has 2 heteroatoms. The Labute approximate surface area is 688 Å². The van der Waals surface area contributed by atoms with E-state index in [1.165, 1.54) is 121 Å². The highest BCUT2D eigenvalue weighted by Gasteiger charge is 2.24. The second-order valence-corrected chi connectivity index (χ2v) is 30.6. The molecule has 0 bridgehead atoms. The van der Waals surface area contributed by atoms with Crippen LogP contribution in [-0.4, -0.2) is 0 Å². The predicted molar refractivity (Wildman–Crippen MR) is 503 cm³/mol. The Balaban J connectivity index is 0.591. The van der Waals surface area contributed by atoms with E-state index < -0.39 is 0 Å². The van der Waals surface area contributed by atoms with Gasteiger partial charge in [-0.05, 0) is 226 Å². The molecule has 0 spiro atoms. The first-order chi connectivity index (χ1) is 58.5. The molecule has 0 aliphatic carbocycles. The van der Waals surface area contributed by atoms with Crippen LogP contribution >= 0.6 is 0 Å². The lowest BCUT2D eigenvalue weighted by molar-refractivity contribution is 1.28. The fourth-order valence-corrected chi connectivity index (χ4v) is 17.8. The van der Waals surface area contributed by atoms with Crippen LogP contribution in [0.15, 0.2) is 473 Å². The first-order valence-electron chi connectivity index (χ1n) is 40.7.